The van der Waals surface area contributed by atoms with E-state index in [0.717, 1.165) is 35.3 Å². The standard InChI is InChI=1S/C29H33NO3S/c1-28(2)18-26(19-29(3,4)30(28)34)33-27(31)24-12-10-22(11-13-24)23-14-16-25(17-15-23)32-20-21-8-6-5-7-9-21/h5-17,26,34H,18-20H2,1-4H3. The molecule has 178 valence electrons. The molecule has 3 aromatic carbocycles. The van der Waals surface area contributed by atoms with Gasteiger partial charge in [-0.1, -0.05) is 67.4 Å². The number of esters is 1. The van der Waals surface area contributed by atoms with Gasteiger partial charge in [0.1, 0.15) is 18.5 Å². The summed E-state index contributed by atoms with van der Waals surface area (Å²) in [5.41, 5.74) is 3.49. The van der Waals surface area contributed by atoms with E-state index in [4.69, 9.17) is 9.47 Å². The van der Waals surface area contributed by atoms with Crippen molar-refractivity contribution < 1.29 is 14.3 Å². The molecule has 3 aromatic rings. The number of nitrogens with zero attached hydrogens (tertiary/aromatic N) is 1. The number of carbonyl (C=O) groups excluding carboxylic acids is 1. The van der Waals surface area contributed by atoms with Crippen molar-refractivity contribution in [3.63, 3.8) is 0 Å². The third-order valence-corrected chi connectivity index (χ3v) is 7.51. The first-order chi connectivity index (χ1) is 16.1. The molecule has 0 radical (unpaired) electrons. The van der Waals surface area contributed by atoms with Gasteiger partial charge in [-0.05, 0) is 68.7 Å². The van der Waals surface area contributed by atoms with E-state index in [1.54, 1.807) is 0 Å². The first-order valence-corrected chi connectivity index (χ1v) is 12.1. The number of rotatable bonds is 6. The summed E-state index contributed by atoms with van der Waals surface area (Å²) in [5.74, 6) is 0.548. The molecule has 0 aliphatic carbocycles. The zero-order valence-electron chi connectivity index (χ0n) is 20.3. The van der Waals surface area contributed by atoms with E-state index in [2.05, 4.69) is 44.8 Å². The van der Waals surface area contributed by atoms with Crippen LogP contribution in [0.25, 0.3) is 11.1 Å². The van der Waals surface area contributed by atoms with E-state index >= 15 is 0 Å². The van der Waals surface area contributed by atoms with Crippen molar-refractivity contribution in [2.75, 3.05) is 0 Å². The molecule has 0 unspecified atom stereocenters. The lowest BCUT2D eigenvalue weighted by atomic mass is 9.81. The second kappa shape index (κ2) is 9.85. The van der Waals surface area contributed by atoms with Crippen LogP contribution in [-0.2, 0) is 11.3 Å². The lowest BCUT2D eigenvalue weighted by Crippen LogP contribution is -2.58. The van der Waals surface area contributed by atoms with Gasteiger partial charge in [0.25, 0.3) is 0 Å². The third kappa shape index (κ3) is 5.65. The number of ether oxygens (including phenoxy) is 2. The topological polar surface area (TPSA) is 38.8 Å². The Hall–Kier alpha value is -2.76. The van der Waals surface area contributed by atoms with Crippen LogP contribution in [0, 0.1) is 0 Å². The highest BCUT2D eigenvalue weighted by atomic mass is 32.1. The molecule has 1 aliphatic rings. The van der Waals surface area contributed by atoms with Gasteiger partial charge in [-0.25, -0.2) is 9.10 Å². The minimum atomic E-state index is -0.277. The van der Waals surface area contributed by atoms with Gasteiger partial charge < -0.3 is 9.47 Å². The fraction of sp³-hybridized carbons (Fsp3) is 0.345. The van der Waals surface area contributed by atoms with Crippen molar-refractivity contribution in [3.05, 3.63) is 90.0 Å². The quantitative estimate of drug-likeness (QED) is 0.309. The summed E-state index contributed by atoms with van der Waals surface area (Å²) in [7, 11) is 0. The highest BCUT2D eigenvalue weighted by Crippen LogP contribution is 2.41. The Kier molecular flexibility index (Phi) is 7.06. The van der Waals surface area contributed by atoms with Crippen LogP contribution in [0.1, 0.15) is 56.5 Å². The second-order valence-corrected chi connectivity index (χ2v) is 10.6. The molecule has 0 saturated carbocycles. The predicted molar refractivity (Wildman–Crippen MR) is 140 cm³/mol. The van der Waals surface area contributed by atoms with E-state index in [1.165, 1.54) is 0 Å². The molecule has 34 heavy (non-hydrogen) atoms. The Morgan fingerprint density at radius 1 is 0.853 bits per heavy atom. The number of benzene rings is 3. The van der Waals surface area contributed by atoms with E-state index in [1.807, 2.05) is 78.9 Å². The van der Waals surface area contributed by atoms with Crippen molar-refractivity contribution >= 4 is 18.8 Å². The fourth-order valence-corrected chi connectivity index (χ4v) is 4.93. The Morgan fingerprint density at radius 3 is 1.94 bits per heavy atom. The van der Waals surface area contributed by atoms with Gasteiger partial charge in [-0.15, -0.1) is 0 Å². The van der Waals surface area contributed by atoms with Gasteiger partial charge in [0, 0.05) is 23.9 Å². The van der Waals surface area contributed by atoms with E-state index in [0.29, 0.717) is 12.2 Å². The van der Waals surface area contributed by atoms with Crippen LogP contribution in [0.15, 0.2) is 78.9 Å². The summed E-state index contributed by atoms with van der Waals surface area (Å²) in [6.45, 7) is 9.07. The van der Waals surface area contributed by atoms with Crippen LogP contribution >= 0.6 is 12.8 Å². The van der Waals surface area contributed by atoms with Crippen LogP contribution in [0.5, 0.6) is 5.75 Å². The smallest absolute Gasteiger partial charge is 0.338 e. The predicted octanol–water partition coefficient (Wildman–Crippen LogP) is 6.96. The largest absolute Gasteiger partial charge is 0.489 e. The molecule has 0 atom stereocenters. The van der Waals surface area contributed by atoms with E-state index in [-0.39, 0.29) is 23.2 Å². The Morgan fingerprint density at radius 2 is 1.38 bits per heavy atom. The van der Waals surface area contributed by atoms with Gasteiger partial charge in [0.15, 0.2) is 0 Å². The number of piperidine rings is 1. The number of carbonyl (C=O) groups is 1. The summed E-state index contributed by atoms with van der Waals surface area (Å²) in [6, 6.07) is 25.7. The maximum Gasteiger partial charge on any atom is 0.338 e. The molecule has 0 spiro atoms. The lowest BCUT2D eigenvalue weighted by molar-refractivity contribution is -0.0386. The van der Waals surface area contributed by atoms with Crippen molar-refractivity contribution in [2.45, 2.75) is 64.3 Å². The van der Waals surface area contributed by atoms with Crippen LogP contribution < -0.4 is 4.74 Å². The molecule has 0 amide bonds. The van der Waals surface area contributed by atoms with Gasteiger partial charge in [-0.3, -0.25) is 0 Å². The van der Waals surface area contributed by atoms with E-state index in [9.17, 15) is 4.79 Å². The Bertz CT molecular complexity index is 1090. The fourth-order valence-electron chi connectivity index (χ4n) is 4.76. The monoisotopic (exact) mass is 475 g/mol. The molecular formula is C29H33NO3S. The summed E-state index contributed by atoms with van der Waals surface area (Å²) >= 11 is 4.69. The summed E-state index contributed by atoms with van der Waals surface area (Å²) in [4.78, 5) is 12.8. The summed E-state index contributed by atoms with van der Waals surface area (Å²) < 4.78 is 13.9. The molecule has 4 nitrogen and oxygen atoms in total. The van der Waals surface area contributed by atoms with Crippen LogP contribution in [0.2, 0.25) is 0 Å². The molecule has 0 bridgehead atoms. The van der Waals surface area contributed by atoms with Gasteiger partial charge >= 0.3 is 5.97 Å². The molecule has 5 heteroatoms. The molecular weight excluding hydrogens is 442 g/mol. The maximum absolute atomic E-state index is 12.8. The zero-order valence-corrected chi connectivity index (χ0v) is 21.2. The minimum absolute atomic E-state index is 0.135. The molecule has 0 aromatic heterocycles. The SMILES string of the molecule is CC1(C)CC(OC(=O)c2ccc(-c3ccc(OCc4ccccc4)cc3)cc2)CC(C)(C)N1S. The van der Waals surface area contributed by atoms with Crippen LogP contribution in [-0.4, -0.2) is 27.5 Å². The Labute approximate surface area is 208 Å². The highest BCUT2D eigenvalue weighted by molar-refractivity contribution is 7.77. The normalized spacial score (nSPS) is 17.8. The average molecular weight is 476 g/mol. The van der Waals surface area contributed by atoms with Crippen LogP contribution in [0.3, 0.4) is 0 Å². The van der Waals surface area contributed by atoms with Gasteiger partial charge in [0.2, 0.25) is 0 Å². The summed E-state index contributed by atoms with van der Waals surface area (Å²) in [6.07, 6.45) is 1.37. The van der Waals surface area contributed by atoms with Crippen molar-refractivity contribution in [3.8, 4) is 16.9 Å². The molecule has 1 heterocycles. The first-order valence-electron chi connectivity index (χ1n) is 11.7. The van der Waals surface area contributed by atoms with Gasteiger partial charge in [0.05, 0.1) is 5.56 Å². The van der Waals surface area contributed by atoms with Crippen LogP contribution in [0.4, 0.5) is 0 Å². The van der Waals surface area contributed by atoms with E-state index < -0.39 is 0 Å². The average Bonchev–Trinajstić information content (AvgIpc) is 2.82. The molecule has 1 aliphatic heterocycles. The van der Waals surface area contributed by atoms with Crippen molar-refractivity contribution in [1.82, 2.24) is 4.31 Å². The number of hydrogen-bond acceptors (Lipinski definition) is 5. The highest BCUT2D eigenvalue weighted by Gasteiger charge is 2.45. The third-order valence-electron chi connectivity index (χ3n) is 6.43. The second-order valence-electron chi connectivity index (χ2n) is 10.2. The number of hydrogen-bond donors (Lipinski definition) is 1. The molecule has 1 fully saturated rings. The van der Waals surface area contributed by atoms with Gasteiger partial charge in [-0.2, -0.15) is 0 Å². The molecule has 1 saturated heterocycles. The first kappa shape index (κ1) is 24.4. The summed E-state index contributed by atoms with van der Waals surface area (Å²) in [5, 5.41) is 0. The Balaban J connectivity index is 1.36. The van der Waals surface area contributed by atoms with Crippen molar-refractivity contribution in [1.29, 1.82) is 0 Å². The maximum atomic E-state index is 12.8. The zero-order chi connectivity index (χ0) is 24.3. The minimum Gasteiger partial charge on any atom is -0.489 e. The number of thiol groups is 1. The lowest BCUT2D eigenvalue weighted by Gasteiger charge is -2.51. The molecule has 4 rings (SSSR count). The van der Waals surface area contributed by atoms with Crippen molar-refractivity contribution in [2.24, 2.45) is 0 Å². The molecule has 0 N–H and O–H groups in total.